The minimum absolute atomic E-state index is 0.393. The van der Waals surface area contributed by atoms with Gasteiger partial charge < -0.3 is 5.32 Å². The smallest absolute Gasteiger partial charge is 0.0707 e. The molecule has 1 N–H and O–H groups in total. The average Bonchev–Trinajstić information content (AvgIpc) is 2.78. The molecule has 0 bridgehead atoms. The van der Waals surface area contributed by atoms with E-state index in [4.69, 9.17) is 0 Å². The number of thioether (sulfide) groups is 2. The van der Waals surface area contributed by atoms with Crippen molar-refractivity contribution in [3.05, 3.63) is 16.4 Å². The monoisotopic (exact) mass is 349 g/mol. The second-order valence-corrected chi connectivity index (χ2v) is 7.56. The van der Waals surface area contributed by atoms with Crippen molar-refractivity contribution in [1.82, 2.24) is 15.1 Å². The minimum atomic E-state index is 0.393. The molecule has 0 spiro atoms. The lowest BCUT2D eigenvalue weighted by molar-refractivity contribution is 0.489. The van der Waals surface area contributed by atoms with Crippen molar-refractivity contribution < 1.29 is 0 Å². The number of hydrogen-bond acceptors (Lipinski definition) is 4. The van der Waals surface area contributed by atoms with E-state index in [0.29, 0.717) is 11.3 Å². The molecule has 0 amide bonds. The van der Waals surface area contributed by atoms with Gasteiger partial charge in [-0.05, 0) is 29.4 Å². The third-order valence-corrected chi connectivity index (χ3v) is 6.54. The SMILES string of the molecule is CCNC(c1c(Br)cnn1CC)C1CSCCS1. The van der Waals surface area contributed by atoms with Crippen molar-refractivity contribution in [2.75, 3.05) is 23.8 Å². The third kappa shape index (κ3) is 3.26. The van der Waals surface area contributed by atoms with Crippen molar-refractivity contribution in [2.45, 2.75) is 31.7 Å². The Morgan fingerprint density at radius 2 is 2.39 bits per heavy atom. The largest absolute Gasteiger partial charge is 0.308 e. The van der Waals surface area contributed by atoms with Crippen LogP contribution in [-0.2, 0) is 6.54 Å². The van der Waals surface area contributed by atoms with Gasteiger partial charge >= 0.3 is 0 Å². The predicted molar refractivity (Wildman–Crippen MR) is 85.6 cm³/mol. The molecule has 18 heavy (non-hydrogen) atoms. The van der Waals surface area contributed by atoms with E-state index in [1.807, 2.05) is 6.20 Å². The molecule has 1 fully saturated rings. The second-order valence-electron chi connectivity index (χ2n) is 4.21. The maximum Gasteiger partial charge on any atom is 0.0707 e. The van der Waals surface area contributed by atoms with Gasteiger partial charge in [-0.1, -0.05) is 6.92 Å². The van der Waals surface area contributed by atoms with Crippen molar-refractivity contribution in [1.29, 1.82) is 0 Å². The van der Waals surface area contributed by atoms with E-state index in [-0.39, 0.29) is 0 Å². The summed E-state index contributed by atoms with van der Waals surface area (Å²) in [4.78, 5) is 0. The van der Waals surface area contributed by atoms with Gasteiger partial charge in [-0.2, -0.15) is 28.6 Å². The molecule has 0 radical (unpaired) electrons. The molecule has 6 heteroatoms. The lowest BCUT2D eigenvalue weighted by Crippen LogP contribution is -2.35. The summed E-state index contributed by atoms with van der Waals surface area (Å²) in [5.74, 6) is 3.77. The van der Waals surface area contributed by atoms with E-state index in [0.717, 1.165) is 17.6 Å². The predicted octanol–water partition coefficient (Wildman–Crippen LogP) is 3.16. The Hall–Kier alpha value is 0.350. The zero-order valence-corrected chi connectivity index (χ0v) is 14.1. The van der Waals surface area contributed by atoms with Crippen molar-refractivity contribution >= 4 is 39.5 Å². The number of rotatable bonds is 5. The Bertz CT molecular complexity index is 377. The summed E-state index contributed by atoms with van der Waals surface area (Å²) in [5, 5.41) is 8.73. The molecule has 3 nitrogen and oxygen atoms in total. The highest BCUT2D eigenvalue weighted by Gasteiger charge is 2.29. The fourth-order valence-electron chi connectivity index (χ4n) is 2.26. The second kappa shape index (κ2) is 7.22. The highest BCUT2D eigenvalue weighted by atomic mass is 79.9. The molecule has 1 aromatic rings. The van der Waals surface area contributed by atoms with Crippen LogP contribution in [-0.4, -0.2) is 38.8 Å². The van der Waals surface area contributed by atoms with Crippen LogP contribution in [0.15, 0.2) is 10.7 Å². The van der Waals surface area contributed by atoms with Gasteiger partial charge in [0, 0.05) is 29.1 Å². The van der Waals surface area contributed by atoms with Crippen molar-refractivity contribution in [3.8, 4) is 0 Å². The number of halogens is 1. The Morgan fingerprint density at radius 3 is 3.00 bits per heavy atom. The van der Waals surface area contributed by atoms with Gasteiger partial charge in [-0.15, -0.1) is 0 Å². The van der Waals surface area contributed by atoms with E-state index in [1.54, 1.807) is 0 Å². The summed E-state index contributed by atoms with van der Waals surface area (Å²) in [6.07, 6.45) is 1.92. The molecule has 0 aromatic carbocycles. The average molecular weight is 350 g/mol. The van der Waals surface area contributed by atoms with Crippen molar-refractivity contribution in [2.24, 2.45) is 0 Å². The molecule has 2 rings (SSSR count). The van der Waals surface area contributed by atoms with Crippen LogP contribution in [0.5, 0.6) is 0 Å². The van der Waals surface area contributed by atoms with E-state index in [1.165, 1.54) is 23.0 Å². The molecule has 0 saturated carbocycles. The van der Waals surface area contributed by atoms with Crippen LogP contribution in [0.3, 0.4) is 0 Å². The molecule has 2 atom stereocenters. The van der Waals surface area contributed by atoms with Crippen LogP contribution in [0.4, 0.5) is 0 Å². The van der Waals surface area contributed by atoms with Gasteiger partial charge in [0.2, 0.25) is 0 Å². The van der Waals surface area contributed by atoms with Gasteiger partial charge in [-0.25, -0.2) is 0 Å². The Kier molecular flexibility index (Phi) is 5.92. The van der Waals surface area contributed by atoms with Gasteiger partial charge in [0.1, 0.15) is 0 Å². The van der Waals surface area contributed by atoms with Gasteiger partial charge in [0.25, 0.3) is 0 Å². The first-order valence-corrected chi connectivity index (χ1v) is 9.41. The molecule has 1 saturated heterocycles. The maximum absolute atomic E-state index is 4.45. The number of aryl methyl sites for hydroxylation is 1. The number of aromatic nitrogens is 2. The first kappa shape index (κ1) is 14.8. The lowest BCUT2D eigenvalue weighted by Gasteiger charge is -2.30. The molecular formula is C12H20BrN3S2. The third-order valence-electron chi connectivity index (χ3n) is 3.06. The van der Waals surface area contributed by atoms with Gasteiger partial charge in [-0.3, -0.25) is 4.68 Å². The van der Waals surface area contributed by atoms with Crippen LogP contribution < -0.4 is 5.32 Å². The normalized spacial score (nSPS) is 22.1. The Labute approximate surface area is 126 Å². The fourth-order valence-corrected chi connectivity index (χ4v) is 5.64. The zero-order chi connectivity index (χ0) is 13.0. The molecule has 0 aliphatic carbocycles. The van der Waals surface area contributed by atoms with Crippen LogP contribution in [0.25, 0.3) is 0 Å². The standard InChI is InChI=1S/C12H20BrN3S2/c1-3-14-11(10-8-17-5-6-18-10)12-9(13)7-15-16(12)4-2/h7,10-11,14H,3-6,8H2,1-2H3. The van der Waals surface area contributed by atoms with Gasteiger partial charge in [0.05, 0.1) is 22.4 Å². The quantitative estimate of drug-likeness (QED) is 0.884. The van der Waals surface area contributed by atoms with Gasteiger partial charge in [0.15, 0.2) is 0 Å². The number of hydrogen-bond donors (Lipinski definition) is 1. The number of nitrogens with one attached hydrogen (secondary N) is 1. The maximum atomic E-state index is 4.45. The van der Waals surface area contributed by atoms with Crippen LogP contribution >= 0.6 is 39.5 Å². The Morgan fingerprint density at radius 1 is 1.56 bits per heavy atom. The summed E-state index contributed by atoms with van der Waals surface area (Å²) in [7, 11) is 0. The molecule has 2 heterocycles. The minimum Gasteiger partial charge on any atom is -0.308 e. The molecule has 2 unspecified atom stereocenters. The van der Waals surface area contributed by atoms with Crippen LogP contribution in [0, 0.1) is 0 Å². The molecule has 1 aliphatic rings. The highest BCUT2D eigenvalue weighted by molar-refractivity contribution is 9.10. The topological polar surface area (TPSA) is 29.9 Å². The molecule has 1 aliphatic heterocycles. The van der Waals surface area contributed by atoms with E-state index in [9.17, 15) is 0 Å². The first-order chi connectivity index (χ1) is 8.77. The summed E-state index contributed by atoms with van der Waals surface area (Å²) in [6, 6.07) is 0.393. The van der Waals surface area contributed by atoms with Crippen LogP contribution in [0.1, 0.15) is 25.6 Å². The number of nitrogens with zero attached hydrogens (tertiary/aromatic N) is 2. The van der Waals surface area contributed by atoms with E-state index >= 15 is 0 Å². The summed E-state index contributed by atoms with van der Waals surface area (Å²) in [5.41, 5.74) is 1.30. The highest BCUT2D eigenvalue weighted by Crippen LogP contribution is 2.36. The zero-order valence-electron chi connectivity index (χ0n) is 10.9. The molecule has 102 valence electrons. The van der Waals surface area contributed by atoms with E-state index in [2.05, 4.69) is 68.4 Å². The van der Waals surface area contributed by atoms with Crippen LogP contribution in [0.2, 0.25) is 0 Å². The Balaban J connectivity index is 2.24. The molecule has 1 aromatic heterocycles. The van der Waals surface area contributed by atoms with Crippen molar-refractivity contribution in [3.63, 3.8) is 0 Å². The first-order valence-electron chi connectivity index (χ1n) is 6.41. The summed E-state index contributed by atoms with van der Waals surface area (Å²) in [6.45, 7) is 6.24. The summed E-state index contributed by atoms with van der Waals surface area (Å²) < 4.78 is 3.24. The lowest BCUT2D eigenvalue weighted by atomic mass is 10.1. The molecular weight excluding hydrogens is 330 g/mol. The summed E-state index contributed by atoms with van der Waals surface area (Å²) >= 11 is 7.82. The fraction of sp³-hybridized carbons (Fsp3) is 0.750. The van der Waals surface area contributed by atoms with E-state index < -0.39 is 0 Å².